The molecule has 0 aromatic rings. The summed E-state index contributed by atoms with van der Waals surface area (Å²) in [6.07, 6.45) is -0.455. The van der Waals surface area contributed by atoms with Crippen molar-refractivity contribution in [3.63, 3.8) is 0 Å². The molecule has 0 bridgehead atoms. The summed E-state index contributed by atoms with van der Waals surface area (Å²) in [6, 6.07) is 0. The molecule has 1 atom stereocenters. The molecule has 76 valence electrons. The SMILES string of the molecule is CC#CC(=O)NCC1(C)COC(=O)N1. The molecule has 1 saturated heterocycles. The van der Waals surface area contributed by atoms with Crippen molar-refractivity contribution in [2.75, 3.05) is 13.2 Å². The third-order valence-electron chi connectivity index (χ3n) is 1.80. The summed E-state index contributed by atoms with van der Waals surface area (Å²) in [5.41, 5.74) is -0.526. The minimum Gasteiger partial charge on any atom is -0.447 e. The van der Waals surface area contributed by atoms with Crippen LogP contribution in [0.15, 0.2) is 0 Å². The van der Waals surface area contributed by atoms with Gasteiger partial charge in [0.2, 0.25) is 0 Å². The lowest BCUT2D eigenvalue weighted by molar-refractivity contribution is -0.115. The van der Waals surface area contributed by atoms with Crippen molar-refractivity contribution in [3.8, 4) is 11.8 Å². The number of nitrogens with one attached hydrogen (secondary N) is 2. The van der Waals surface area contributed by atoms with E-state index in [9.17, 15) is 9.59 Å². The highest BCUT2D eigenvalue weighted by molar-refractivity contribution is 5.93. The van der Waals surface area contributed by atoms with Crippen LogP contribution >= 0.6 is 0 Å². The molecule has 0 spiro atoms. The van der Waals surface area contributed by atoms with Gasteiger partial charge in [-0.3, -0.25) is 4.79 Å². The van der Waals surface area contributed by atoms with Gasteiger partial charge in [0.05, 0.1) is 5.54 Å². The van der Waals surface area contributed by atoms with Crippen LogP contribution in [-0.4, -0.2) is 30.7 Å². The Morgan fingerprint density at radius 2 is 2.50 bits per heavy atom. The predicted molar refractivity (Wildman–Crippen MR) is 49.3 cm³/mol. The molecule has 0 saturated carbocycles. The summed E-state index contributed by atoms with van der Waals surface area (Å²) >= 11 is 0. The number of carbonyl (C=O) groups excluding carboxylic acids is 2. The molecular weight excluding hydrogens is 184 g/mol. The van der Waals surface area contributed by atoms with E-state index >= 15 is 0 Å². The standard InChI is InChI=1S/C9H12N2O3/c1-3-4-7(12)10-5-9(2)6-14-8(13)11-9/h5-6H2,1-2H3,(H,10,12)(H,11,13). The minimum absolute atomic E-state index is 0.256. The van der Waals surface area contributed by atoms with Gasteiger partial charge in [0.15, 0.2) is 0 Å². The summed E-state index contributed by atoms with van der Waals surface area (Å²) in [5.74, 6) is 4.48. The van der Waals surface area contributed by atoms with Gasteiger partial charge in [-0.1, -0.05) is 5.92 Å². The second kappa shape index (κ2) is 4.01. The second-order valence-electron chi connectivity index (χ2n) is 3.32. The van der Waals surface area contributed by atoms with Crippen molar-refractivity contribution in [2.45, 2.75) is 19.4 Å². The average molecular weight is 196 g/mol. The van der Waals surface area contributed by atoms with Gasteiger partial charge in [0.25, 0.3) is 5.91 Å². The fourth-order valence-electron chi connectivity index (χ4n) is 1.07. The number of carbonyl (C=O) groups is 2. The van der Waals surface area contributed by atoms with Crippen LogP contribution in [-0.2, 0) is 9.53 Å². The fourth-order valence-corrected chi connectivity index (χ4v) is 1.07. The van der Waals surface area contributed by atoms with Crippen molar-refractivity contribution in [1.82, 2.24) is 10.6 Å². The molecular formula is C9H12N2O3. The van der Waals surface area contributed by atoms with E-state index in [2.05, 4.69) is 22.5 Å². The minimum atomic E-state index is -0.526. The van der Waals surface area contributed by atoms with Gasteiger partial charge in [-0.05, 0) is 19.8 Å². The van der Waals surface area contributed by atoms with E-state index in [0.29, 0.717) is 6.54 Å². The molecule has 0 radical (unpaired) electrons. The lowest BCUT2D eigenvalue weighted by Gasteiger charge is -2.20. The molecule has 1 unspecified atom stereocenters. The van der Waals surface area contributed by atoms with Crippen LogP contribution in [0.4, 0.5) is 4.79 Å². The maximum absolute atomic E-state index is 11.0. The smallest absolute Gasteiger partial charge is 0.407 e. The zero-order valence-corrected chi connectivity index (χ0v) is 8.14. The van der Waals surface area contributed by atoms with E-state index < -0.39 is 11.6 Å². The number of cyclic esters (lactones) is 1. The number of ether oxygens (including phenoxy) is 1. The zero-order valence-electron chi connectivity index (χ0n) is 8.14. The van der Waals surface area contributed by atoms with Crippen molar-refractivity contribution in [3.05, 3.63) is 0 Å². The first kappa shape index (κ1) is 10.4. The number of hydrogen-bond acceptors (Lipinski definition) is 3. The van der Waals surface area contributed by atoms with E-state index in [1.807, 2.05) is 0 Å². The summed E-state index contributed by atoms with van der Waals surface area (Å²) in [5, 5.41) is 5.18. The largest absolute Gasteiger partial charge is 0.447 e. The van der Waals surface area contributed by atoms with Crippen LogP contribution in [0.3, 0.4) is 0 Å². The second-order valence-corrected chi connectivity index (χ2v) is 3.32. The average Bonchev–Trinajstić information content (AvgIpc) is 2.45. The molecule has 2 N–H and O–H groups in total. The maximum Gasteiger partial charge on any atom is 0.407 e. The summed E-state index contributed by atoms with van der Waals surface area (Å²) in [7, 11) is 0. The summed E-state index contributed by atoms with van der Waals surface area (Å²) in [6.45, 7) is 3.94. The Bertz CT molecular complexity index is 316. The number of amides is 2. The predicted octanol–water partition coefficient (Wildman–Crippen LogP) is -0.376. The van der Waals surface area contributed by atoms with Gasteiger partial charge in [-0.2, -0.15) is 0 Å². The highest BCUT2D eigenvalue weighted by Gasteiger charge is 2.34. The van der Waals surface area contributed by atoms with Gasteiger partial charge in [0, 0.05) is 6.54 Å². The van der Waals surface area contributed by atoms with Crippen LogP contribution < -0.4 is 10.6 Å². The van der Waals surface area contributed by atoms with Crippen molar-refractivity contribution >= 4 is 12.0 Å². The normalized spacial score (nSPS) is 24.3. The Labute approximate surface area is 82.2 Å². The number of rotatable bonds is 2. The highest BCUT2D eigenvalue weighted by atomic mass is 16.6. The van der Waals surface area contributed by atoms with E-state index in [1.165, 1.54) is 0 Å². The topological polar surface area (TPSA) is 67.4 Å². The van der Waals surface area contributed by atoms with Crippen molar-refractivity contribution in [1.29, 1.82) is 0 Å². The van der Waals surface area contributed by atoms with Crippen molar-refractivity contribution in [2.24, 2.45) is 0 Å². The van der Waals surface area contributed by atoms with Gasteiger partial charge < -0.3 is 15.4 Å². The third-order valence-corrected chi connectivity index (χ3v) is 1.80. The molecule has 1 rings (SSSR count). The number of alkyl carbamates (subject to hydrolysis) is 1. The Morgan fingerprint density at radius 3 is 3.00 bits per heavy atom. The Balaban J connectivity index is 2.40. The quantitative estimate of drug-likeness (QED) is 0.592. The summed E-state index contributed by atoms with van der Waals surface area (Å²) in [4.78, 5) is 21.7. The van der Waals surface area contributed by atoms with Crippen LogP contribution in [0, 0.1) is 11.8 Å². The molecule has 14 heavy (non-hydrogen) atoms. The Kier molecular flexibility index (Phi) is 2.97. The third kappa shape index (κ3) is 2.66. The highest BCUT2D eigenvalue weighted by Crippen LogP contribution is 2.10. The van der Waals surface area contributed by atoms with E-state index in [-0.39, 0.29) is 12.5 Å². The maximum atomic E-state index is 11.0. The summed E-state index contributed by atoms with van der Waals surface area (Å²) < 4.78 is 4.72. The van der Waals surface area contributed by atoms with E-state index in [0.717, 1.165) is 0 Å². The molecule has 5 heteroatoms. The molecule has 1 aliphatic rings. The molecule has 0 aliphatic carbocycles. The van der Waals surface area contributed by atoms with Crippen molar-refractivity contribution < 1.29 is 14.3 Å². The Morgan fingerprint density at radius 1 is 1.79 bits per heavy atom. The monoisotopic (exact) mass is 196 g/mol. The van der Waals surface area contributed by atoms with Gasteiger partial charge in [0.1, 0.15) is 6.61 Å². The molecule has 0 aromatic carbocycles. The molecule has 2 amide bonds. The van der Waals surface area contributed by atoms with Crippen LogP contribution in [0.25, 0.3) is 0 Å². The Hall–Kier alpha value is -1.70. The molecule has 5 nitrogen and oxygen atoms in total. The lowest BCUT2D eigenvalue weighted by atomic mass is 10.1. The molecule has 1 aliphatic heterocycles. The first-order valence-corrected chi connectivity index (χ1v) is 4.21. The molecule has 0 aromatic heterocycles. The first-order valence-electron chi connectivity index (χ1n) is 4.21. The van der Waals surface area contributed by atoms with Crippen LogP contribution in [0.2, 0.25) is 0 Å². The van der Waals surface area contributed by atoms with Gasteiger partial charge in [-0.25, -0.2) is 4.79 Å². The van der Waals surface area contributed by atoms with Gasteiger partial charge in [-0.15, -0.1) is 0 Å². The van der Waals surface area contributed by atoms with Crippen LogP contribution in [0.1, 0.15) is 13.8 Å². The number of hydrogen-bond donors (Lipinski definition) is 2. The van der Waals surface area contributed by atoms with E-state index in [1.54, 1.807) is 13.8 Å². The zero-order chi connectivity index (χ0) is 10.6. The van der Waals surface area contributed by atoms with Gasteiger partial charge >= 0.3 is 6.09 Å². The molecule has 1 fully saturated rings. The molecule has 1 heterocycles. The van der Waals surface area contributed by atoms with Crippen LogP contribution in [0.5, 0.6) is 0 Å². The lowest BCUT2D eigenvalue weighted by Crippen LogP contribution is -2.49. The fraction of sp³-hybridized carbons (Fsp3) is 0.556. The first-order chi connectivity index (χ1) is 6.56. The van der Waals surface area contributed by atoms with E-state index in [4.69, 9.17) is 4.74 Å².